The molecule has 0 saturated carbocycles. The summed E-state index contributed by atoms with van der Waals surface area (Å²) in [5.41, 5.74) is 2.72. The molecule has 0 fully saturated rings. The van der Waals surface area contributed by atoms with Gasteiger partial charge in [-0.3, -0.25) is 4.79 Å². The van der Waals surface area contributed by atoms with Crippen molar-refractivity contribution in [1.82, 2.24) is 4.98 Å². The van der Waals surface area contributed by atoms with Crippen LogP contribution in [0.3, 0.4) is 0 Å². The molecule has 0 unspecified atom stereocenters. The lowest BCUT2D eigenvalue weighted by Crippen LogP contribution is -2.08. The molecule has 1 heterocycles. The molecule has 0 aliphatic rings. The summed E-state index contributed by atoms with van der Waals surface area (Å²) in [6.07, 6.45) is 0. The largest absolute Gasteiger partial charge is 0.489 e. The Bertz CT molecular complexity index is 1170. The highest BCUT2D eigenvalue weighted by Gasteiger charge is 2.06. The van der Waals surface area contributed by atoms with Gasteiger partial charge in [-0.25, -0.2) is 4.98 Å². The highest BCUT2D eigenvalue weighted by atomic mass is 16.5. The van der Waals surface area contributed by atoms with E-state index in [0.29, 0.717) is 19.0 Å². The molecule has 0 spiro atoms. The van der Waals surface area contributed by atoms with E-state index in [0.717, 1.165) is 33.7 Å². The molecule has 0 aliphatic carbocycles. The van der Waals surface area contributed by atoms with Crippen molar-refractivity contribution in [2.45, 2.75) is 20.1 Å². The highest BCUT2D eigenvalue weighted by molar-refractivity contribution is 5.78. The van der Waals surface area contributed by atoms with Gasteiger partial charge in [0.05, 0.1) is 11.2 Å². The average Bonchev–Trinajstić information content (AvgIpc) is 2.81. The van der Waals surface area contributed by atoms with E-state index < -0.39 is 0 Å². The molecule has 3 aromatic carbocycles. The zero-order valence-corrected chi connectivity index (χ0v) is 17.3. The molecule has 5 heteroatoms. The predicted molar refractivity (Wildman–Crippen MR) is 119 cm³/mol. The highest BCUT2D eigenvalue weighted by Crippen LogP contribution is 2.23. The van der Waals surface area contributed by atoms with Gasteiger partial charge in [-0.2, -0.15) is 0 Å². The Balaban J connectivity index is 1.33. The number of ketones is 1. The zero-order chi connectivity index (χ0) is 21.5. The van der Waals surface area contributed by atoms with E-state index >= 15 is 0 Å². The van der Waals surface area contributed by atoms with Gasteiger partial charge in [0.2, 0.25) is 0 Å². The van der Waals surface area contributed by atoms with Crippen LogP contribution < -0.4 is 14.2 Å². The third-order valence-corrected chi connectivity index (χ3v) is 4.66. The number of rotatable bonds is 9. The van der Waals surface area contributed by atoms with E-state index in [-0.39, 0.29) is 12.4 Å². The number of hydrogen-bond acceptors (Lipinski definition) is 5. The summed E-state index contributed by atoms with van der Waals surface area (Å²) in [5.74, 6) is 2.09. The lowest BCUT2D eigenvalue weighted by Gasteiger charge is -2.12. The van der Waals surface area contributed by atoms with Gasteiger partial charge in [0.1, 0.15) is 37.1 Å². The number of nitrogens with zero attached hydrogens (tertiary/aromatic N) is 1. The van der Waals surface area contributed by atoms with Crippen LogP contribution >= 0.6 is 0 Å². The molecular formula is C26H23NO4. The Hall–Kier alpha value is -3.86. The van der Waals surface area contributed by atoms with Gasteiger partial charge < -0.3 is 14.2 Å². The number of hydrogen-bond donors (Lipinski definition) is 0. The maximum absolute atomic E-state index is 11.2. The number of fused-ring (bicyclic) bond motifs is 1. The van der Waals surface area contributed by atoms with E-state index in [4.69, 9.17) is 14.2 Å². The van der Waals surface area contributed by atoms with Crippen molar-refractivity contribution in [3.05, 3.63) is 96.2 Å². The maximum atomic E-state index is 11.2. The third-order valence-electron chi connectivity index (χ3n) is 4.66. The van der Waals surface area contributed by atoms with Crippen molar-refractivity contribution in [1.29, 1.82) is 0 Å². The molecule has 0 bridgehead atoms. The Morgan fingerprint density at radius 2 is 1.42 bits per heavy atom. The van der Waals surface area contributed by atoms with Crippen molar-refractivity contribution in [3.8, 4) is 17.2 Å². The normalized spacial score (nSPS) is 10.6. The zero-order valence-electron chi connectivity index (χ0n) is 17.3. The van der Waals surface area contributed by atoms with Gasteiger partial charge in [-0.15, -0.1) is 0 Å². The van der Waals surface area contributed by atoms with Crippen LogP contribution in [-0.4, -0.2) is 17.4 Å². The molecule has 31 heavy (non-hydrogen) atoms. The number of carbonyl (C=O) groups excluding carboxylic acids is 1. The fourth-order valence-electron chi connectivity index (χ4n) is 3.08. The minimum absolute atomic E-state index is 0.0230. The van der Waals surface area contributed by atoms with Crippen molar-refractivity contribution in [2.75, 3.05) is 6.61 Å². The monoisotopic (exact) mass is 413 g/mol. The Labute approximate surface area is 181 Å². The first-order chi connectivity index (χ1) is 15.2. The lowest BCUT2D eigenvalue weighted by molar-refractivity contribution is -0.118. The molecule has 1 aromatic heterocycles. The number of benzene rings is 3. The molecule has 4 rings (SSSR count). The molecule has 0 radical (unpaired) electrons. The minimum atomic E-state index is -0.0230. The molecule has 156 valence electrons. The van der Waals surface area contributed by atoms with Crippen molar-refractivity contribution in [3.63, 3.8) is 0 Å². The average molecular weight is 413 g/mol. The van der Waals surface area contributed by atoms with Crippen molar-refractivity contribution in [2.24, 2.45) is 0 Å². The Morgan fingerprint density at radius 3 is 2.19 bits per heavy atom. The molecule has 0 aliphatic heterocycles. The van der Waals surface area contributed by atoms with Gasteiger partial charge in [0.15, 0.2) is 5.78 Å². The molecule has 0 atom stereocenters. The summed E-state index contributed by atoms with van der Waals surface area (Å²) in [4.78, 5) is 15.8. The van der Waals surface area contributed by atoms with Crippen molar-refractivity contribution >= 4 is 16.7 Å². The van der Waals surface area contributed by atoms with E-state index in [9.17, 15) is 4.79 Å². The van der Waals surface area contributed by atoms with Gasteiger partial charge in [0.25, 0.3) is 0 Å². The van der Waals surface area contributed by atoms with E-state index in [2.05, 4.69) is 11.1 Å². The van der Waals surface area contributed by atoms with Gasteiger partial charge in [-0.05, 0) is 49.4 Å². The standard InChI is InChI=1S/C26H23NO4/c1-19(28)16-31-26-9-5-3-7-21(26)17-29-23-12-14-24(15-13-23)30-18-22-11-10-20-6-2-4-8-25(20)27-22/h2-15H,16-18H2,1H3. The van der Waals surface area contributed by atoms with Gasteiger partial charge >= 0.3 is 0 Å². The van der Waals surface area contributed by atoms with Crippen molar-refractivity contribution < 1.29 is 19.0 Å². The summed E-state index contributed by atoms with van der Waals surface area (Å²) < 4.78 is 17.3. The summed E-state index contributed by atoms with van der Waals surface area (Å²) in [6.45, 7) is 2.29. The van der Waals surface area contributed by atoms with Crippen LogP contribution in [0.15, 0.2) is 84.9 Å². The molecule has 0 N–H and O–H groups in total. The predicted octanol–water partition coefficient (Wildman–Crippen LogP) is 5.36. The number of para-hydroxylation sites is 2. The summed E-state index contributed by atoms with van der Waals surface area (Å²) in [5, 5.41) is 1.11. The SMILES string of the molecule is CC(=O)COc1ccccc1COc1ccc(OCc2ccc3ccccc3n2)cc1. The van der Waals surface area contributed by atoms with Crippen LogP contribution in [0, 0.1) is 0 Å². The second-order valence-electron chi connectivity index (χ2n) is 7.14. The first-order valence-electron chi connectivity index (χ1n) is 10.1. The summed E-state index contributed by atoms with van der Waals surface area (Å²) in [6, 6.07) is 27.0. The topological polar surface area (TPSA) is 57.7 Å². The fourth-order valence-corrected chi connectivity index (χ4v) is 3.08. The smallest absolute Gasteiger partial charge is 0.167 e. The number of aromatic nitrogens is 1. The molecular weight excluding hydrogens is 390 g/mol. The lowest BCUT2D eigenvalue weighted by atomic mass is 10.2. The van der Waals surface area contributed by atoms with Gasteiger partial charge in [0, 0.05) is 10.9 Å². The van der Waals surface area contributed by atoms with Crippen LogP contribution in [0.2, 0.25) is 0 Å². The summed E-state index contributed by atoms with van der Waals surface area (Å²) >= 11 is 0. The van der Waals surface area contributed by atoms with Crippen LogP contribution in [0.4, 0.5) is 0 Å². The Morgan fingerprint density at radius 1 is 0.742 bits per heavy atom. The number of pyridine rings is 1. The van der Waals surface area contributed by atoms with E-state index in [1.165, 1.54) is 6.92 Å². The third kappa shape index (κ3) is 5.60. The quantitative estimate of drug-likeness (QED) is 0.370. The molecule has 4 aromatic rings. The van der Waals surface area contributed by atoms with Crippen LogP contribution in [0.1, 0.15) is 18.2 Å². The van der Waals surface area contributed by atoms with E-state index in [1.807, 2.05) is 78.9 Å². The maximum Gasteiger partial charge on any atom is 0.167 e. The first-order valence-corrected chi connectivity index (χ1v) is 10.1. The number of Topliss-reactive ketones (excluding diaryl/α,β-unsaturated/α-hetero) is 1. The second-order valence-corrected chi connectivity index (χ2v) is 7.14. The second kappa shape index (κ2) is 9.76. The fraction of sp³-hybridized carbons (Fsp3) is 0.154. The minimum Gasteiger partial charge on any atom is -0.489 e. The molecule has 0 saturated heterocycles. The van der Waals surface area contributed by atoms with Gasteiger partial charge in [-0.1, -0.05) is 42.5 Å². The summed E-state index contributed by atoms with van der Waals surface area (Å²) in [7, 11) is 0. The molecule has 0 amide bonds. The molecule has 5 nitrogen and oxygen atoms in total. The van der Waals surface area contributed by atoms with Crippen LogP contribution in [-0.2, 0) is 18.0 Å². The van der Waals surface area contributed by atoms with Crippen LogP contribution in [0.5, 0.6) is 17.2 Å². The number of carbonyl (C=O) groups is 1. The number of ether oxygens (including phenoxy) is 3. The van der Waals surface area contributed by atoms with E-state index in [1.54, 1.807) is 0 Å². The first kappa shape index (κ1) is 20.4. The Kier molecular flexibility index (Phi) is 6.43. The van der Waals surface area contributed by atoms with Crippen LogP contribution in [0.25, 0.3) is 10.9 Å².